The van der Waals surface area contributed by atoms with Gasteiger partial charge in [-0.1, -0.05) is 49.9 Å². The lowest BCUT2D eigenvalue weighted by atomic mass is 9.52. The van der Waals surface area contributed by atoms with Crippen LogP contribution in [-0.4, -0.2) is 14.8 Å². The lowest BCUT2D eigenvalue weighted by Crippen LogP contribution is -2.45. The van der Waals surface area contributed by atoms with Gasteiger partial charge in [-0.2, -0.15) is 0 Å². The smallest absolute Gasteiger partial charge is 0.163 e. The molecule has 0 aliphatic heterocycles. The maximum Gasteiger partial charge on any atom is 0.163 e. The first-order chi connectivity index (χ1) is 12.6. The van der Waals surface area contributed by atoms with Crippen LogP contribution in [0.1, 0.15) is 77.0 Å². The molecular formula is C22H30ClN3. The maximum absolute atomic E-state index is 6.17. The number of fused-ring (bicyclic) bond motifs is 3. The number of unbranched alkanes of at least 4 members (excludes halogenated alkanes) is 2. The normalized spacial score (nSPS) is 27.8. The summed E-state index contributed by atoms with van der Waals surface area (Å²) >= 11 is 6.17. The van der Waals surface area contributed by atoms with Gasteiger partial charge in [-0.25, -0.2) is 0 Å². The van der Waals surface area contributed by atoms with Crippen LogP contribution in [0.2, 0.25) is 5.02 Å². The van der Waals surface area contributed by atoms with Crippen LogP contribution in [0.3, 0.4) is 0 Å². The van der Waals surface area contributed by atoms with Crippen LogP contribution in [0.15, 0.2) is 24.3 Å². The Morgan fingerprint density at radius 3 is 2.42 bits per heavy atom. The fraction of sp³-hybridized carbons (Fsp3) is 0.636. The Bertz CT molecular complexity index is 755. The Kier molecular flexibility index (Phi) is 4.85. The molecule has 2 bridgehead atoms. The summed E-state index contributed by atoms with van der Waals surface area (Å²) in [7, 11) is 2.12. The molecule has 140 valence electrons. The molecule has 4 heteroatoms. The Balaban J connectivity index is 1.55. The third-order valence-electron chi connectivity index (χ3n) is 7.14. The summed E-state index contributed by atoms with van der Waals surface area (Å²) in [4.78, 5) is 0. The molecule has 0 N–H and O–H groups in total. The molecule has 26 heavy (non-hydrogen) atoms. The SMILES string of the molecule is CCCCCC12CCC(c3nnc(-c4cccc(Cl)c4)n3C)(CC1)CC2. The zero-order valence-electron chi connectivity index (χ0n) is 16.1. The van der Waals surface area contributed by atoms with Crippen molar-refractivity contribution in [2.45, 2.75) is 76.5 Å². The maximum atomic E-state index is 6.17. The molecule has 1 aromatic carbocycles. The van der Waals surface area contributed by atoms with E-state index in [4.69, 9.17) is 11.6 Å². The summed E-state index contributed by atoms with van der Waals surface area (Å²) in [5.74, 6) is 2.12. The van der Waals surface area contributed by atoms with Crippen molar-refractivity contribution in [2.24, 2.45) is 12.5 Å². The van der Waals surface area contributed by atoms with Crippen LogP contribution in [0.4, 0.5) is 0 Å². The van der Waals surface area contributed by atoms with E-state index in [1.807, 2.05) is 18.2 Å². The van der Waals surface area contributed by atoms with E-state index in [-0.39, 0.29) is 5.41 Å². The molecule has 1 heterocycles. The van der Waals surface area contributed by atoms with Crippen LogP contribution in [0.5, 0.6) is 0 Å². The van der Waals surface area contributed by atoms with Gasteiger partial charge in [-0.15, -0.1) is 10.2 Å². The summed E-state index contributed by atoms with van der Waals surface area (Å²) in [5.41, 5.74) is 1.92. The molecule has 5 rings (SSSR count). The van der Waals surface area contributed by atoms with Crippen LogP contribution >= 0.6 is 11.6 Å². The van der Waals surface area contributed by atoms with Crippen molar-refractivity contribution in [1.82, 2.24) is 14.8 Å². The number of hydrogen-bond donors (Lipinski definition) is 0. The third kappa shape index (κ3) is 3.09. The Morgan fingerprint density at radius 2 is 1.77 bits per heavy atom. The summed E-state index contributed by atoms with van der Waals surface area (Å²) < 4.78 is 2.22. The van der Waals surface area contributed by atoms with Gasteiger partial charge in [0.25, 0.3) is 0 Å². The van der Waals surface area contributed by atoms with Gasteiger partial charge in [0.15, 0.2) is 5.82 Å². The molecule has 3 saturated carbocycles. The summed E-state index contributed by atoms with van der Waals surface area (Å²) in [5, 5.41) is 9.97. The molecule has 1 aromatic heterocycles. The van der Waals surface area contributed by atoms with Gasteiger partial charge in [0, 0.05) is 23.0 Å². The number of hydrogen-bond acceptors (Lipinski definition) is 2. The van der Waals surface area contributed by atoms with E-state index in [2.05, 4.69) is 34.8 Å². The fourth-order valence-electron chi connectivity index (χ4n) is 5.39. The molecule has 3 aliphatic carbocycles. The van der Waals surface area contributed by atoms with Crippen LogP contribution < -0.4 is 0 Å². The van der Waals surface area contributed by atoms with Gasteiger partial charge < -0.3 is 4.57 Å². The summed E-state index contributed by atoms with van der Waals surface area (Å²) in [6, 6.07) is 7.93. The standard InChI is InChI=1S/C22H30ClN3/c1-3-4-5-9-21-10-13-22(14-11-21,15-12-21)20-25-24-19(26(20)2)17-7-6-8-18(23)16-17/h6-8,16H,3-5,9-15H2,1-2H3. The van der Waals surface area contributed by atoms with Gasteiger partial charge in [0.05, 0.1) is 0 Å². The second-order valence-corrected chi connectivity index (χ2v) is 9.09. The van der Waals surface area contributed by atoms with Crippen molar-refractivity contribution in [3.8, 4) is 11.4 Å². The van der Waals surface area contributed by atoms with E-state index in [0.717, 1.165) is 16.4 Å². The first-order valence-corrected chi connectivity index (χ1v) is 10.6. The highest BCUT2D eigenvalue weighted by molar-refractivity contribution is 6.30. The minimum atomic E-state index is 0.241. The van der Waals surface area contributed by atoms with E-state index in [0.29, 0.717) is 5.41 Å². The monoisotopic (exact) mass is 371 g/mol. The molecule has 3 aliphatic rings. The number of aromatic nitrogens is 3. The lowest BCUT2D eigenvalue weighted by molar-refractivity contribution is 0.0250. The van der Waals surface area contributed by atoms with Crippen molar-refractivity contribution in [3.05, 3.63) is 35.1 Å². The Morgan fingerprint density at radius 1 is 1.04 bits per heavy atom. The molecule has 0 saturated heterocycles. The van der Waals surface area contributed by atoms with Gasteiger partial charge in [-0.3, -0.25) is 0 Å². The van der Waals surface area contributed by atoms with Crippen LogP contribution in [-0.2, 0) is 12.5 Å². The van der Waals surface area contributed by atoms with Crippen molar-refractivity contribution in [1.29, 1.82) is 0 Å². The minimum absolute atomic E-state index is 0.241. The molecule has 3 nitrogen and oxygen atoms in total. The fourth-order valence-corrected chi connectivity index (χ4v) is 5.58. The van der Waals surface area contributed by atoms with Gasteiger partial charge in [0.2, 0.25) is 0 Å². The zero-order chi connectivity index (χ0) is 18.2. The van der Waals surface area contributed by atoms with E-state index in [1.165, 1.54) is 70.0 Å². The number of nitrogens with zero attached hydrogens (tertiary/aromatic N) is 3. The van der Waals surface area contributed by atoms with E-state index < -0.39 is 0 Å². The zero-order valence-corrected chi connectivity index (χ0v) is 16.9. The quantitative estimate of drug-likeness (QED) is 0.557. The van der Waals surface area contributed by atoms with E-state index in [9.17, 15) is 0 Å². The van der Waals surface area contributed by atoms with Gasteiger partial charge in [-0.05, 0) is 62.5 Å². The predicted octanol–water partition coefficient (Wildman–Crippen LogP) is 6.31. The second-order valence-electron chi connectivity index (χ2n) is 8.65. The lowest BCUT2D eigenvalue weighted by Gasteiger charge is -2.53. The van der Waals surface area contributed by atoms with E-state index >= 15 is 0 Å². The highest BCUT2D eigenvalue weighted by Gasteiger charge is 2.51. The average molecular weight is 372 g/mol. The van der Waals surface area contributed by atoms with Crippen LogP contribution in [0, 0.1) is 5.41 Å². The second kappa shape index (κ2) is 6.99. The molecule has 0 amide bonds. The molecule has 0 spiro atoms. The van der Waals surface area contributed by atoms with Crippen molar-refractivity contribution < 1.29 is 0 Å². The van der Waals surface area contributed by atoms with Crippen molar-refractivity contribution >= 4 is 11.6 Å². The molecule has 0 unspecified atom stereocenters. The Hall–Kier alpha value is -1.35. The molecule has 0 atom stereocenters. The Labute approximate surface area is 162 Å². The van der Waals surface area contributed by atoms with Gasteiger partial charge >= 0.3 is 0 Å². The minimum Gasteiger partial charge on any atom is -0.314 e. The van der Waals surface area contributed by atoms with Crippen LogP contribution in [0.25, 0.3) is 11.4 Å². The topological polar surface area (TPSA) is 30.7 Å². The highest BCUT2D eigenvalue weighted by atomic mass is 35.5. The number of rotatable bonds is 6. The molecule has 0 radical (unpaired) electrons. The number of halogens is 1. The molecule has 2 aromatic rings. The number of benzene rings is 1. The molecular weight excluding hydrogens is 342 g/mol. The van der Waals surface area contributed by atoms with Gasteiger partial charge in [0.1, 0.15) is 5.82 Å². The first-order valence-electron chi connectivity index (χ1n) is 10.2. The molecule has 3 fully saturated rings. The van der Waals surface area contributed by atoms with E-state index in [1.54, 1.807) is 0 Å². The first kappa shape index (κ1) is 18.0. The predicted molar refractivity (Wildman–Crippen MR) is 107 cm³/mol. The van der Waals surface area contributed by atoms with Crippen molar-refractivity contribution in [2.75, 3.05) is 0 Å². The third-order valence-corrected chi connectivity index (χ3v) is 7.38. The van der Waals surface area contributed by atoms with Crippen molar-refractivity contribution in [3.63, 3.8) is 0 Å². The highest BCUT2D eigenvalue weighted by Crippen LogP contribution is 2.59. The summed E-state index contributed by atoms with van der Waals surface area (Å²) in [6.07, 6.45) is 13.5. The average Bonchev–Trinajstić information content (AvgIpc) is 3.06. The summed E-state index contributed by atoms with van der Waals surface area (Å²) in [6.45, 7) is 2.30. The largest absolute Gasteiger partial charge is 0.314 e.